The number of thiophene rings is 1. The van der Waals surface area contributed by atoms with Crippen LogP contribution in [0.15, 0.2) is 75.8 Å². The molecular weight excluding hydrogens is 366 g/mol. The molecule has 0 spiro atoms. The summed E-state index contributed by atoms with van der Waals surface area (Å²) in [7, 11) is 0. The zero-order valence-electron chi connectivity index (χ0n) is 14.1. The predicted molar refractivity (Wildman–Crippen MR) is 105 cm³/mol. The van der Waals surface area contributed by atoms with Gasteiger partial charge in [-0.3, -0.25) is 4.79 Å². The molecule has 1 amide bonds. The Bertz CT molecular complexity index is 906. The summed E-state index contributed by atoms with van der Waals surface area (Å²) in [5, 5.41) is 4.63. The Morgan fingerprint density at radius 1 is 1.04 bits per heavy atom. The predicted octanol–water partition coefficient (Wildman–Crippen LogP) is 5.00. The number of hydrogen-bond donors (Lipinski definition) is 1. The summed E-state index contributed by atoms with van der Waals surface area (Å²) in [6.07, 6.45) is 0. The molecule has 0 atom stereocenters. The lowest BCUT2D eigenvalue weighted by molar-refractivity contribution is -0.119. The largest absolute Gasteiger partial charge is 0.451 e. The Balaban J connectivity index is 1.61. The molecule has 0 fully saturated rings. The van der Waals surface area contributed by atoms with Crippen LogP contribution in [0.4, 0.5) is 5.69 Å². The van der Waals surface area contributed by atoms with E-state index in [9.17, 15) is 9.59 Å². The van der Waals surface area contributed by atoms with Crippen molar-refractivity contribution in [1.82, 2.24) is 0 Å². The van der Waals surface area contributed by atoms with Crippen molar-refractivity contribution in [3.8, 4) is 0 Å². The first-order valence-corrected chi connectivity index (χ1v) is 9.66. The topological polar surface area (TPSA) is 55.4 Å². The Morgan fingerprint density at radius 3 is 2.50 bits per heavy atom. The van der Waals surface area contributed by atoms with E-state index in [1.807, 2.05) is 73.0 Å². The number of esters is 1. The van der Waals surface area contributed by atoms with Crippen molar-refractivity contribution in [2.45, 2.75) is 16.7 Å². The number of hydrogen-bond acceptors (Lipinski definition) is 5. The van der Waals surface area contributed by atoms with Crippen LogP contribution in [0.5, 0.6) is 0 Å². The highest BCUT2D eigenvalue weighted by Crippen LogP contribution is 2.33. The third-order valence-electron chi connectivity index (χ3n) is 3.51. The van der Waals surface area contributed by atoms with Crippen molar-refractivity contribution in [2.75, 3.05) is 11.9 Å². The number of ether oxygens (including phenoxy) is 1. The van der Waals surface area contributed by atoms with Gasteiger partial charge in [-0.1, -0.05) is 42.1 Å². The fraction of sp³-hybridized carbons (Fsp3) is 0.100. The van der Waals surface area contributed by atoms with Gasteiger partial charge in [0.05, 0.1) is 5.69 Å². The molecule has 0 radical (unpaired) electrons. The summed E-state index contributed by atoms with van der Waals surface area (Å²) in [6.45, 7) is 1.52. The number of anilines is 1. The van der Waals surface area contributed by atoms with Crippen LogP contribution in [0, 0.1) is 6.92 Å². The molecule has 0 saturated heterocycles. The van der Waals surface area contributed by atoms with E-state index in [4.69, 9.17) is 4.74 Å². The average Bonchev–Trinajstić information content (AvgIpc) is 3.08. The van der Waals surface area contributed by atoms with E-state index in [-0.39, 0.29) is 12.5 Å². The van der Waals surface area contributed by atoms with Gasteiger partial charge in [0.2, 0.25) is 0 Å². The third kappa shape index (κ3) is 4.74. The Hall–Kier alpha value is -2.57. The molecule has 1 N–H and O–H groups in total. The second-order valence-corrected chi connectivity index (χ2v) is 7.50. The molecule has 1 aromatic heterocycles. The smallest absolute Gasteiger partial charge is 0.349 e. The second-order valence-electron chi connectivity index (χ2n) is 5.47. The standard InChI is InChI=1S/C20H17NO3S2/c1-14-11-12-25-19(14)20(23)24-13-18(22)21-16-9-5-6-10-17(16)26-15-7-3-2-4-8-15/h2-12H,13H2,1H3,(H,21,22). The van der Waals surface area contributed by atoms with Gasteiger partial charge >= 0.3 is 5.97 Å². The lowest BCUT2D eigenvalue weighted by atomic mass is 10.3. The number of rotatable bonds is 6. The summed E-state index contributed by atoms with van der Waals surface area (Å²) in [4.78, 5) is 26.7. The van der Waals surface area contributed by atoms with Crippen LogP contribution in [0.25, 0.3) is 0 Å². The zero-order chi connectivity index (χ0) is 18.4. The summed E-state index contributed by atoms with van der Waals surface area (Å²) in [6, 6.07) is 19.3. The second kappa shape index (κ2) is 8.69. The third-order valence-corrected chi connectivity index (χ3v) is 5.59. The summed E-state index contributed by atoms with van der Waals surface area (Å²) in [5.41, 5.74) is 1.54. The highest BCUT2D eigenvalue weighted by molar-refractivity contribution is 7.99. The first-order valence-electron chi connectivity index (χ1n) is 7.96. The molecule has 3 aromatic rings. The lowest BCUT2D eigenvalue weighted by Crippen LogP contribution is -2.21. The monoisotopic (exact) mass is 383 g/mol. The maximum absolute atomic E-state index is 12.2. The van der Waals surface area contributed by atoms with E-state index in [0.29, 0.717) is 10.6 Å². The van der Waals surface area contributed by atoms with Gasteiger partial charge in [-0.25, -0.2) is 4.79 Å². The first-order chi connectivity index (χ1) is 12.6. The van der Waals surface area contributed by atoms with Crippen LogP contribution in [-0.4, -0.2) is 18.5 Å². The Labute approximate surface area is 160 Å². The van der Waals surface area contributed by atoms with E-state index in [1.54, 1.807) is 11.8 Å². The van der Waals surface area contributed by atoms with Gasteiger partial charge in [-0.05, 0) is 48.2 Å². The molecule has 26 heavy (non-hydrogen) atoms. The highest BCUT2D eigenvalue weighted by atomic mass is 32.2. The minimum absolute atomic E-state index is 0.319. The van der Waals surface area contributed by atoms with Gasteiger partial charge in [0.25, 0.3) is 5.91 Å². The van der Waals surface area contributed by atoms with E-state index >= 15 is 0 Å². The Kier molecular flexibility index (Phi) is 6.09. The molecule has 2 aromatic carbocycles. The fourth-order valence-corrected chi connectivity index (χ4v) is 3.98. The number of aryl methyl sites for hydroxylation is 1. The van der Waals surface area contributed by atoms with E-state index in [0.717, 1.165) is 15.4 Å². The Morgan fingerprint density at radius 2 is 1.77 bits per heavy atom. The van der Waals surface area contributed by atoms with Gasteiger partial charge in [0.15, 0.2) is 6.61 Å². The number of benzene rings is 2. The molecule has 3 rings (SSSR count). The summed E-state index contributed by atoms with van der Waals surface area (Å²) in [5.74, 6) is -0.840. The van der Waals surface area contributed by atoms with Gasteiger partial charge in [-0.15, -0.1) is 11.3 Å². The number of carbonyl (C=O) groups is 2. The van der Waals surface area contributed by atoms with Crippen LogP contribution in [0.1, 0.15) is 15.2 Å². The van der Waals surface area contributed by atoms with E-state index in [2.05, 4.69) is 5.32 Å². The number of amides is 1. The molecule has 1 heterocycles. The maximum atomic E-state index is 12.2. The molecule has 4 nitrogen and oxygen atoms in total. The zero-order valence-corrected chi connectivity index (χ0v) is 15.7. The molecule has 6 heteroatoms. The quantitative estimate of drug-likeness (QED) is 0.609. The first kappa shape index (κ1) is 18.2. The average molecular weight is 383 g/mol. The minimum Gasteiger partial charge on any atom is -0.451 e. The molecule has 0 unspecified atom stereocenters. The minimum atomic E-state index is -0.473. The SMILES string of the molecule is Cc1ccsc1C(=O)OCC(=O)Nc1ccccc1Sc1ccccc1. The molecule has 0 aliphatic rings. The molecule has 132 valence electrons. The van der Waals surface area contributed by atoms with Crippen LogP contribution in [0.3, 0.4) is 0 Å². The van der Waals surface area contributed by atoms with E-state index < -0.39 is 5.97 Å². The molecule has 0 saturated carbocycles. The van der Waals surface area contributed by atoms with Crippen molar-refractivity contribution in [3.05, 3.63) is 76.5 Å². The molecule has 0 aliphatic heterocycles. The van der Waals surface area contributed by atoms with Crippen molar-refractivity contribution in [3.63, 3.8) is 0 Å². The number of carbonyl (C=O) groups excluding carboxylic acids is 2. The van der Waals surface area contributed by atoms with Crippen molar-refractivity contribution in [1.29, 1.82) is 0 Å². The van der Waals surface area contributed by atoms with E-state index in [1.165, 1.54) is 11.3 Å². The highest BCUT2D eigenvalue weighted by Gasteiger charge is 2.14. The van der Waals surface area contributed by atoms with Gasteiger partial charge in [-0.2, -0.15) is 0 Å². The summed E-state index contributed by atoms with van der Waals surface area (Å²) < 4.78 is 5.11. The lowest BCUT2D eigenvalue weighted by Gasteiger charge is -2.11. The van der Waals surface area contributed by atoms with Crippen LogP contribution < -0.4 is 5.32 Å². The molecule has 0 aliphatic carbocycles. The van der Waals surface area contributed by atoms with Crippen LogP contribution in [0.2, 0.25) is 0 Å². The van der Waals surface area contributed by atoms with Gasteiger partial charge in [0.1, 0.15) is 4.88 Å². The fourth-order valence-electron chi connectivity index (χ4n) is 2.24. The molecule has 0 bridgehead atoms. The molecular formula is C20H17NO3S2. The van der Waals surface area contributed by atoms with Crippen LogP contribution in [-0.2, 0) is 9.53 Å². The number of nitrogens with one attached hydrogen (secondary N) is 1. The van der Waals surface area contributed by atoms with Gasteiger partial charge < -0.3 is 10.1 Å². The maximum Gasteiger partial charge on any atom is 0.349 e. The van der Waals surface area contributed by atoms with Crippen LogP contribution >= 0.6 is 23.1 Å². The van der Waals surface area contributed by atoms with Crippen molar-refractivity contribution < 1.29 is 14.3 Å². The van der Waals surface area contributed by atoms with Crippen molar-refractivity contribution >= 4 is 40.7 Å². The summed E-state index contributed by atoms with van der Waals surface area (Å²) >= 11 is 2.87. The van der Waals surface area contributed by atoms with Crippen molar-refractivity contribution in [2.24, 2.45) is 0 Å². The number of para-hydroxylation sites is 1. The van der Waals surface area contributed by atoms with Gasteiger partial charge in [0, 0.05) is 9.79 Å². The normalized spacial score (nSPS) is 10.3.